The number of hydrogen-bond acceptors (Lipinski definition) is 4. The van der Waals surface area contributed by atoms with Gasteiger partial charge in [-0.15, -0.1) is 0 Å². The lowest BCUT2D eigenvalue weighted by Crippen LogP contribution is -3.15. The standard InChI is InChI=1S/C22H29N3O3/c1-23(16-18-8-7-11-20(27-2)22(18)28-3)21(26)17-24-12-14-25(15-13-24)19-9-5-4-6-10-19/h4-11H,12-17H2,1-3H3/p+1. The molecule has 0 aromatic heterocycles. The molecule has 1 heterocycles. The van der Waals surface area contributed by atoms with Gasteiger partial charge < -0.3 is 24.2 Å². The normalized spacial score (nSPS) is 14.6. The van der Waals surface area contributed by atoms with Crippen LogP contribution in [0.1, 0.15) is 5.56 Å². The molecule has 0 unspecified atom stereocenters. The Morgan fingerprint density at radius 3 is 2.39 bits per heavy atom. The number of nitrogens with zero attached hydrogens (tertiary/aromatic N) is 2. The summed E-state index contributed by atoms with van der Waals surface area (Å²) in [5, 5.41) is 0. The molecule has 1 fully saturated rings. The van der Waals surface area contributed by atoms with Gasteiger partial charge >= 0.3 is 0 Å². The first-order valence-corrected chi connectivity index (χ1v) is 9.69. The topological polar surface area (TPSA) is 46.5 Å². The predicted octanol–water partition coefficient (Wildman–Crippen LogP) is 1.07. The van der Waals surface area contributed by atoms with E-state index in [-0.39, 0.29) is 5.91 Å². The fraction of sp³-hybridized carbons (Fsp3) is 0.409. The van der Waals surface area contributed by atoms with Gasteiger partial charge in [0.25, 0.3) is 5.91 Å². The SMILES string of the molecule is COc1cccc(CN(C)C(=O)C[NH+]2CCN(c3ccccc3)CC2)c1OC. The molecule has 6 nitrogen and oxygen atoms in total. The zero-order valence-corrected chi connectivity index (χ0v) is 17.0. The summed E-state index contributed by atoms with van der Waals surface area (Å²) >= 11 is 0. The summed E-state index contributed by atoms with van der Waals surface area (Å²) in [5.74, 6) is 1.52. The van der Waals surface area contributed by atoms with Gasteiger partial charge in [-0.2, -0.15) is 0 Å². The molecule has 1 aliphatic rings. The molecule has 150 valence electrons. The molecule has 0 bridgehead atoms. The van der Waals surface area contributed by atoms with Crippen molar-refractivity contribution >= 4 is 11.6 Å². The second-order valence-corrected chi connectivity index (χ2v) is 7.15. The number of quaternary nitrogens is 1. The number of rotatable bonds is 7. The minimum atomic E-state index is 0.146. The van der Waals surface area contributed by atoms with Crippen LogP contribution in [0.4, 0.5) is 5.69 Å². The summed E-state index contributed by atoms with van der Waals surface area (Å²) in [6.07, 6.45) is 0. The van der Waals surface area contributed by atoms with Gasteiger partial charge in [0.2, 0.25) is 0 Å². The number of anilines is 1. The number of likely N-dealkylation sites (N-methyl/N-ethyl adjacent to an activating group) is 1. The van der Waals surface area contributed by atoms with Crippen LogP contribution in [0.15, 0.2) is 48.5 Å². The molecule has 1 saturated heterocycles. The van der Waals surface area contributed by atoms with E-state index < -0.39 is 0 Å². The predicted molar refractivity (Wildman–Crippen MR) is 110 cm³/mol. The van der Waals surface area contributed by atoms with Crippen LogP contribution in [0, 0.1) is 0 Å². The second kappa shape index (κ2) is 9.46. The van der Waals surface area contributed by atoms with Gasteiger partial charge in [0.1, 0.15) is 0 Å². The highest BCUT2D eigenvalue weighted by Gasteiger charge is 2.24. The summed E-state index contributed by atoms with van der Waals surface area (Å²) in [6, 6.07) is 16.2. The van der Waals surface area contributed by atoms with Gasteiger partial charge in [0.15, 0.2) is 18.0 Å². The van der Waals surface area contributed by atoms with Crippen molar-refractivity contribution in [3.05, 3.63) is 54.1 Å². The van der Waals surface area contributed by atoms with Crippen molar-refractivity contribution < 1.29 is 19.2 Å². The highest BCUT2D eigenvalue weighted by Crippen LogP contribution is 2.31. The Balaban J connectivity index is 1.53. The molecule has 2 aromatic carbocycles. The number of benzene rings is 2. The van der Waals surface area contributed by atoms with E-state index in [0.29, 0.717) is 24.6 Å². The van der Waals surface area contributed by atoms with E-state index in [2.05, 4.69) is 29.2 Å². The first kappa shape index (κ1) is 20.0. The van der Waals surface area contributed by atoms with Crippen molar-refractivity contribution in [2.24, 2.45) is 0 Å². The summed E-state index contributed by atoms with van der Waals surface area (Å²) < 4.78 is 10.8. The number of methoxy groups -OCH3 is 2. The number of para-hydroxylation sites is 2. The van der Waals surface area contributed by atoms with Crippen LogP contribution in [0.2, 0.25) is 0 Å². The molecule has 6 heteroatoms. The molecule has 2 aromatic rings. The van der Waals surface area contributed by atoms with Crippen LogP contribution in [0.3, 0.4) is 0 Å². The van der Waals surface area contributed by atoms with E-state index in [1.807, 2.05) is 31.3 Å². The van der Waals surface area contributed by atoms with Crippen LogP contribution in [0.5, 0.6) is 11.5 Å². The third kappa shape index (κ3) is 4.75. The Bertz CT molecular complexity index is 774. The Labute approximate surface area is 167 Å². The zero-order valence-electron chi connectivity index (χ0n) is 17.0. The number of carbonyl (C=O) groups is 1. The Hall–Kier alpha value is -2.73. The van der Waals surface area contributed by atoms with Crippen LogP contribution in [-0.2, 0) is 11.3 Å². The lowest BCUT2D eigenvalue weighted by molar-refractivity contribution is -0.892. The first-order chi connectivity index (χ1) is 13.6. The number of piperazine rings is 1. The van der Waals surface area contributed by atoms with E-state index in [1.54, 1.807) is 19.1 Å². The Morgan fingerprint density at radius 1 is 1.04 bits per heavy atom. The average Bonchev–Trinajstić information content (AvgIpc) is 2.74. The zero-order chi connectivity index (χ0) is 19.9. The molecule has 0 saturated carbocycles. The first-order valence-electron chi connectivity index (χ1n) is 9.69. The Kier molecular flexibility index (Phi) is 6.76. The monoisotopic (exact) mass is 384 g/mol. The smallest absolute Gasteiger partial charge is 0.277 e. The van der Waals surface area contributed by atoms with Crippen molar-refractivity contribution in [1.29, 1.82) is 0 Å². The van der Waals surface area contributed by atoms with E-state index in [0.717, 1.165) is 31.7 Å². The fourth-order valence-electron chi connectivity index (χ4n) is 3.67. The number of ether oxygens (including phenoxy) is 2. The summed E-state index contributed by atoms with van der Waals surface area (Å²) in [4.78, 5) is 18.2. The van der Waals surface area contributed by atoms with Crippen LogP contribution in [0.25, 0.3) is 0 Å². The maximum atomic E-state index is 12.7. The van der Waals surface area contributed by atoms with Crippen molar-refractivity contribution in [2.45, 2.75) is 6.54 Å². The highest BCUT2D eigenvalue weighted by atomic mass is 16.5. The van der Waals surface area contributed by atoms with E-state index >= 15 is 0 Å². The van der Waals surface area contributed by atoms with Gasteiger partial charge in [-0.05, 0) is 18.2 Å². The van der Waals surface area contributed by atoms with Gasteiger partial charge in [-0.3, -0.25) is 4.79 Å². The van der Waals surface area contributed by atoms with Crippen LogP contribution in [-0.4, -0.2) is 64.8 Å². The minimum Gasteiger partial charge on any atom is -0.493 e. The summed E-state index contributed by atoms with van der Waals surface area (Å²) in [7, 11) is 5.09. The summed E-state index contributed by atoms with van der Waals surface area (Å²) in [6.45, 7) is 4.90. The third-order valence-corrected chi connectivity index (χ3v) is 5.31. The lowest BCUT2D eigenvalue weighted by atomic mass is 10.1. The van der Waals surface area contributed by atoms with Gasteiger partial charge in [0.05, 0.1) is 40.4 Å². The molecule has 1 amide bonds. The van der Waals surface area contributed by atoms with Gasteiger partial charge in [-0.1, -0.05) is 30.3 Å². The number of carbonyl (C=O) groups excluding carboxylic acids is 1. The third-order valence-electron chi connectivity index (χ3n) is 5.31. The molecule has 1 N–H and O–H groups in total. The molecule has 3 rings (SSSR count). The lowest BCUT2D eigenvalue weighted by Gasteiger charge is -2.34. The van der Waals surface area contributed by atoms with Crippen molar-refractivity contribution in [3.63, 3.8) is 0 Å². The van der Waals surface area contributed by atoms with Gasteiger partial charge in [0, 0.05) is 24.8 Å². The number of amides is 1. The maximum Gasteiger partial charge on any atom is 0.277 e. The highest BCUT2D eigenvalue weighted by molar-refractivity contribution is 5.77. The minimum absolute atomic E-state index is 0.146. The number of hydrogen-bond donors (Lipinski definition) is 1. The maximum absolute atomic E-state index is 12.7. The molecule has 0 radical (unpaired) electrons. The Morgan fingerprint density at radius 2 is 1.75 bits per heavy atom. The van der Waals surface area contributed by atoms with Crippen LogP contribution >= 0.6 is 0 Å². The quantitative estimate of drug-likeness (QED) is 0.776. The van der Waals surface area contributed by atoms with Crippen LogP contribution < -0.4 is 19.3 Å². The molecule has 0 spiro atoms. The molecule has 0 atom stereocenters. The van der Waals surface area contributed by atoms with Crippen molar-refractivity contribution in [3.8, 4) is 11.5 Å². The molecular weight excluding hydrogens is 354 g/mol. The van der Waals surface area contributed by atoms with Crippen molar-refractivity contribution in [2.75, 3.05) is 58.9 Å². The largest absolute Gasteiger partial charge is 0.493 e. The molecule has 0 aliphatic carbocycles. The van der Waals surface area contributed by atoms with Crippen molar-refractivity contribution in [1.82, 2.24) is 4.90 Å². The molecule has 28 heavy (non-hydrogen) atoms. The van der Waals surface area contributed by atoms with E-state index in [1.165, 1.54) is 10.6 Å². The van der Waals surface area contributed by atoms with E-state index in [4.69, 9.17) is 9.47 Å². The van der Waals surface area contributed by atoms with E-state index in [9.17, 15) is 4.79 Å². The fourth-order valence-corrected chi connectivity index (χ4v) is 3.67. The average molecular weight is 385 g/mol. The summed E-state index contributed by atoms with van der Waals surface area (Å²) in [5.41, 5.74) is 2.21. The number of nitrogens with one attached hydrogen (secondary N) is 1. The van der Waals surface area contributed by atoms with Gasteiger partial charge in [-0.25, -0.2) is 0 Å². The molecular formula is C22H30N3O3+. The molecule has 1 aliphatic heterocycles. The second-order valence-electron chi connectivity index (χ2n) is 7.15.